The summed E-state index contributed by atoms with van der Waals surface area (Å²) in [6, 6.07) is 16.3. The first kappa shape index (κ1) is 17.5. The lowest BCUT2D eigenvalue weighted by atomic mass is 9.99. The van der Waals surface area contributed by atoms with Crippen molar-refractivity contribution in [2.45, 2.75) is 26.2 Å². The highest BCUT2D eigenvalue weighted by molar-refractivity contribution is 5.95. The van der Waals surface area contributed by atoms with Crippen LogP contribution in [0.1, 0.15) is 42.1 Å². The summed E-state index contributed by atoms with van der Waals surface area (Å²) in [7, 11) is 0. The monoisotopic (exact) mass is 326 g/mol. The molecule has 2 amide bonds. The quantitative estimate of drug-likeness (QED) is 0.802. The third-order valence-corrected chi connectivity index (χ3v) is 3.78. The fourth-order valence-corrected chi connectivity index (χ4v) is 2.10. The number of ether oxygens (including phenoxy) is 1. The first-order valence-electron chi connectivity index (χ1n) is 7.97. The molecule has 0 fully saturated rings. The van der Waals surface area contributed by atoms with E-state index in [0.29, 0.717) is 17.2 Å². The Balaban J connectivity index is 1.76. The van der Waals surface area contributed by atoms with Crippen molar-refractivity contribution < 1.29 is 14.3 Å². The minimum absolute atomic E-state index is 0.169. The second-order valence-corrected chi connectivity index (χ2v) is 5.54. The van der Waals surface area contributed by atoms with E-state index in [4.69, 9.17) is 4.74 Å². The van der Waals surface area contributed by atoms with Gasteiger partial charge >= 0.3 is 0 Å². The molecule has 5 nitrogen and oxygen atoms in total. The van der Waals surface area contributed by atoms with Gasteiger partial charge < -0.3 is 4.74 Å². The molecule has 126 valence electrons. The van der Waals surface area contributed by atoms with Gasteiger partial charge in [-0.1, -0.05) is 44.2 Å². The maximum absolute atomic E-state index is 11.8. The number of carbonyl (C=O) groups is 2. The minimum Gasteiger partial charge on any atom is -0.484 e. The zero-order valence-corrected chi connectivity index (χ0v) is 13.9. The van der Waals surface area contributed by atoms with Crippen LogP contribution in [0.15, 0.2) is 54.6 Å². The molecule has 0 saturated carbocycles. The van der Waals surface area contributed by atoms with E-state index in [0.717, 1.165) is 6.42 Å². The summed E-state index contributed by atoms with van der Waals surface area (Å²) in [5.41, 5.74) is 6.39. The normalized spacial score (nSPS) is 11.4. The van der Waals surface area contributed by atoms with Gasteiger partial charge in [0.25, 0.3) is 11.8 Å². The lowest BCUT2D eigenvalue weighted by molar-refractivity contribution is -0.123. The van der Waals surface area contributed by atoms with Crippen molar-refractivity contribution in [2.24, 2.45) is 0 Å². The fraction of sp³-hybridized carbons (Fsp3) is 0.263. The molecule has 1 unspecified atom stereocenters. The smallest absolute Gasteiger partial charge is 0.276 e. The van der Waals surface area contributed by atoms with E-state index < -0.39 is 5.91 Å². The van der Waals surface area contributed by atoms with Crippen LogP contribution in [0.3, 0.4) is 0 Å². The van der Waals surface area contributed by atoms with Crippen LogP contribution in [0.5, 0.6) is 5.75 Å². The van der Waals surface area contributed by atoms with E-state index in [2.05, 4.69) is 24.7 Å². The molecule has 5 heteroatoms. The lowest BCUT2D eigenvalue weighted by Crippen LogP contribution is -2.43. The van der Waals surface area contributed by atoms with Gasteiger partial charge in [0.05, 0.1) is 0 Å². The number of benzene rings is 2. The number of nitrogens with one attached hydrogen (secondary N) is 2. The number of rotatable bonds is 6. The van der Waals surface area contributed by atoms with Gasteiger partial charge in [0.15, 0.2) is 6.61 Å². The van der Waals surface area contributed by atoms with Crippen molar-refractivity contribution in [1.82, 2.24) is 10.9 Å². The second-order valence-electron chi connectivity index (χ2n) is 5.54. The van der Waals surface area contributed by atoms with Crippen LogP contribution < -0.4 is 15.6 Å². The molecule has 0 aliphatic carbocycles. The number of hydrogen-bond acceptors (Lipinski definition) is 3. The van der Waals surface area contributed by atoms with Gasteiger partial charge in [-0.2, -0.15) is 0 Å². The summed E-state index contributed by atoms with van der Waals surface area (Å²) in [5, 5.41) is 0. The van der Waals surface area contributed by atoms with E-state index >= 15 is 0 Å². The Bertz CT molecular complexity index is 669. The van der Waals surface area contributed by atoms with Crippen LogP contribution in [-0.4, -0.2) is 18.4 Å². The van der Waals surface area contributed by atoms with Gasteiger partial charge in [0, 0.05) is 5.56 Å². The highest BCUT2D eigenvalue weighted by Gasteiger charge is 2.08. The topological polar surface area (TPSA) is 67.4 Å². The van der Waals surface area contributed by atoms with Crippen molar-refractivity contribution in [3.8, 4) is 5.75 Å². The summed E-state index contributed by atoms with van der Waals surface area (Å²) in [6.45, 7) is 4.14. The molecule has 0 radical (unpaired) electrons. The molecule has 0 heterocycles. The van der Waals surface area contributed by atoms with Crippen LogP contribution in [0, 0.1) is 0 Å². The number of hydrogen-bond donors (Lipinski definition) is 2. The lowest BCUT2D eigenvalue weighted by Gasteiger charge is -2.11. The molecular weight excluding hydrogens is 304 g/mol. The maximum Gasteiger partial charge on any atom is 0.276 e. The number of hydrazine groups is 1. The van der Waals surface area contributed by atoms with Crippen molar-refractivity contribution in [1.29, 1.82) is 0 Å². The molecule has 2 aromatic carbocycles. The summed E-state index contributed by atoms with van der Waals surface area (Å²) < 4.78 is 5.41. The molecule has 0 aliphatic rings. The highest BCUT2D eigenvalue weighted by atomic mass is 16.5. The van der Waals surface area contributed by atoms with Crippen molar-refractivity contribution in [3.63, 3.8) is 0 Å². The molecule has 24 heavy (non-hydrogen) atoms. The predicted octanol–water partition coefficient (Wildman–Crippen LogP) is 3.04. The molecular formula is C19H22N2O3. The number of carbonyl (C=O) groups excluding carboxylic acids is 2. The first-order valence-corrected chi connectivity index (χ1v) is 7.97. The Kier molecular flexibility index (Phi) is 6.37. The maximum atomic E-state index is 11.8. The van der Waals surface area contributed by atoms with Crippen molar-refractivity contribution in [2.75, 3.05) is 6.61 Å². The molecule has 0 bridgehead atoms. The summed E-state index contributed by atoms with van der Waals surface area (Å²) in [5.74, 6) is 0.314. The zero-order valence-electron chi connectivity index (χ0n) is 13.9. The molecule has 0 spiro atoms. The van der Waals surface area contributed by atoms with Crippen molar-refractivity contribution in [3.05, 3.63) is 65.7 Å². The van der Waals surface area contributed by atoms with Gasteiger partial charge in [0.2, 0.25) is 0 Å². The average molecular weight is 326 g/mol. The molecule has 0 aromatic heterocycles. The van der Waals surface area contributed by atoms with E-state index in [1.165, 1.54) is 5.56 Å². The SMILES string of the molecule is CCC(C)c1ccc(OCC(=O)NNC(=O)c2ccccc2)cc1. The Hall–Kier alpha value is -2.82. The molecule has 0 aliphatic heterocycles. The van der Waals surface area contributed by atoms with Gasteiger partial charge in [-0.3, -0.25) is 20.4 Å². The van der Waals surface area contributed by atoms with Crippen molar-refractivity contribution >= 4 is 11.8 Å². The largest absolute Gasteiger partial charge is 0.484 e. The summed E-state index contributed by atoms with van der Waals surface area (Å²) in [4.78, 5) is 23.5. The number of amides is 2. The zero-order chi connectivity index (χ0) is 17.4. The van der Waals surface area contributed by atoms with E-state index in [1.807, 2.05) is 30.3 Å². The van der Waals surface area contributed by atoms with Crippen LogP contribution in [0.25, 0.3) is 0 Å². The highest BCUT2D eigenvalue weighted by Crippen LogP contribution is 2.21. The summed E-state index contributed by atoms with van der Waals surface area (Å²) in [6.07, 6.45) is 1.07. The van der Waals surface area contributed by atoms with Crippen LogP contribution >= 0.6 is 0 Å². The molecule has 0 saturated heterocycles. The second kappa shape index (κ2) is 8.72. The average Bonchev–Trinajstić information content (AvgIpc) is 2.64. The summed E-state index contributed by atoms with van der Waals surface area (Å²) >= 11 is 0. The first-order chi connectivity index (χ1) is 11.6. The molecule has 2 rings (SSSR count). The fourth-order valence-electron chi connectivity index (χ4n) is 2.10. The molecule has 2 aromatic rings. The molecule has 2 N–H and O–H groups in total. The van der Waals surface area contributed by atoms with Crippen LogP contribution in [0.4, 0.5) is 0 Å². The van der Waals surface area contributed by atoms with Gasteiger partial charge in [0.1, 0.15) is 5.75 Å². The third kappa shape index (κ3) is 5.12. The van der Waals surface area contributed by atoms with Crippen LogP contribution in [-0.2, 0) is 4.79 Å². The van der Waals surface area contributed by atoms with E-state index in [9.17, 15) is 9.59 Å². The standard InChI is InChI=1S/C19H22N2O3/c1-3-14(2)15-9-11-17(12-10-15)24-13-18(22)20-21-19(23)16-7-5-4-6-8-16/h4-12,14H,3,13H2,1-2H3,(H,20,22)(H,21,23). The molecule has 1 atom stereocenters. The minimum atomic E-state index is -0.426. The van der Waals surface area contributed by atoms with Crippen LogP contribution in [0.2, 0.25) is 0 Å². The predicted molar refractivity (Wildman–Crippen MR) is 92.7 cm³/mol. The van der Waals surface area contributed by atoms with Gasteiger partial charge in [-0.05, 0) is 42.2 Å². The Morgan fingerprint density at radius 2 is 1.67 bits per heavy atom. The Morgan fingerprint density at radius 1 is 1.00 bits per heavy atom. The third-order valence-electron chi connectivity index (χ3n) is 3.78. The van der Waals surface area contributed by atoms with Gasteiger partial charge in [-0.25, -0.2) is 0 Å². The van der Waals surface area contributed by atoms with Gasteiger partial charge in [-0.15, -0.1) is 0 Å². The Labute approximate surface area is 142 Å². The van der Waals surface area contributed by atoms with E-state index in [1.54, 1.807) is 24.3 Å². The Morgan fingerprint density at radius 3 is 2.29 bits per heavy atom. The van der Waals surface area contributed by atoms with E-state index in [-0.39, 0.29) is 12.5 Å².